The van der Waals surface area contributed by atoms with E-state index in [0.717, 1.165) is 25.7 Å². The molecule has 4 unspecified atom stereocenters. The van der Waals surface area contributed by atoms with Gasteiger partial charge in [0.05, 0.1) is 5.92 Å². The highest BCUT2D eigenvalue weighted by molar-refractivity contribution is 5.80. The molecule has 3 heteroatoms. The first-order chi connectivity index (χ1) is 7.99. The van der Waals surface area contributed by atoms with Crippen molar-refractivity contribution in [2.24, 2.45) is 17.6 Å². The summed E-state index contributed by atoms with van der Waals surface area (Å²) in [5.41, 5.74) is 6.13. The fourth-order valence-corrected chi connectivity index (χ4v) is 2.95. The van der Waals surface area contributed by atoms with E-state index >= 15 is 0 Å². The summed E-state index contributed by atoms with van der Waals surface area (Å²) in [5, 5.41) is 0. The van der Waals surface area contributed by atoms with Gasteiger partial charge in [0.25, 0.3) is 0 Å². The van der Waals surface area contributed by atoms with Crippen LogP contribution in [0, 0.1) is 11.8 Å². The number of carbonyl (C=O) groups is 1. The molecule has 1 rings (SSSR count). The molecule has 1 aliphatic rings. The Balaban J connectivity index is 2.66. The predicted molar refractivity (Wildman–Crippen MR) is 71.6 cm³/mol. The fraction of sp³-hybridized carbons (Fsp3) is 0.929. The molecule has 17 heavy (non-hydrogen) atoms. The van der Waals surface area contributed by atoms with Gasteiger partial charge in [-0.25, -0.2) is 0 Å². The molecule has 0 radical (unpaired) electrons. The molecule has 3 nitrogen and oxygen atoms in total. The van der Waals surface area contributed by atoms with Crippen molar-refractivity contribution in [3.8, 4) is 0 Å². The Morgan fingerprint density at radius 2 is 2.12 bits per heavy atom. The van der Waals surface area contributed by atoms with E-state index in [1.165, 1.54) is 6.42 Å². The molecule has 0 spiro atoms. The smallest absolute Gasteiger partial charge is 0.227 e. The third-order valence-electron chi connectivity index (χ3n) is 4.27. The monoisotopic (exact) mass is 240 g/mol. The molecule has 1 fully saturated rings. The Bertz CT molecular complexity index is 245. The third-order valence-corrected chi connectivity index (χ3v) is 4.27. The van der Waals surface area contributed by atoms with Crippen LogP contribution in [0.2, 0.25) is 0 Å². The summed E-state index contributed by atoms with van der Waals surface area (Å²) in [7, 11) is 1.93. The van der Waals surface area contributed by atoms with E-state index in [2.05, 4.69) is 20.8 Å². The quantitative estimate of drug-likeness (QED) is 0.820. The van der Waals surface area contributed by atoms with Crippen LogP contribution in [0.1, 0.15) is 52.9 Å². The van der Waals surface area contributed by atoms with Crippen LogP contribution in [0.4, 0.5) is 0 Å². The summed E-state index contributed by atoms with van der Waals surface area (Å²) >= 11 is 0. The van der Waals surface area contributed by atoms with Gasteiger partial charge in [0.2, 0.25) is 5.91 Å². The molecule has 0 aromatic rings. The number of hydrogen-bond acceptors (Lipinski definition) is 2. The summed E-state index contributed by atoms with van der Waals surface area (Å²) < 4.78 is 0. The molecular weight excluding hydrogens is 212 g/mol. The molecule has 0 aromatic carbocycles. The normalized spacial score (nSPS) is 31.0. The lowest BCUT2D eigenvalue weighted by Crippen LogP contribution is -2.49. The van der Waals surface area contributed by atoms with Crippen molar-refractivity contribution >= 4 is 5.91 Å². The van der Waals surface area contributed by atoms with Crippen LogP contribution in [-0.4, -0.2) is 29.9 Å². The van der Waals surface area contributed by atoms with E-state index < -0.39 is 0 Å². The van der Waals surface area contributed by atoms with Crippen LogP contribution in [0.25, 0.3) is 0 Å². The highest BCUT2D eigenvalue weighted by Gasteiger charge is 2.36. The molecule has 0 saturated heterocycles. The van der Waals surface area contributed by atoms with Crippen LogP contribution in [0.5, 0.6) is 0 Å². The topological polar surface area (TPSA) is 46.3 Å². The van der Waals surface area contributed by atoms with Crippen molar-refractivity contribution in [2.45, 2.75) is 65.0 Å². The summed E-state index contributed by atoms with van der Waals surface area (Å²) in [6.45, 7) is 6.45. The molecule has 0 bridgehead atoms. The largest absolute Gasteiger partial charge is 0.343 e. The zero-order valence-corrected chi connectivity index (χ0v) is 11.8. The van der Waals surface area contributed by atoms with Gasteiger partial charge in [-0.3, -0.25) is 4.79 Å². The minimum absolute atomic E-state index is 0.0352. The van der Waals surface area contributed by atoms with Crippen molar-refractivity contribution in [3.05, 3.63) is 0 Å². The molecule has 1 saturated carbocycles. The Labute approximate surface area is 106 Å². The van der Waals surface area contributed by atoms with Gasteiger partial charge in [-0.05, 0) is 32.1 Å². The second kappa shape index (κ2) is 6.39. The maximum absolute atomic E-state index is 12.5. The highest BCUT2D eigenvalue weighted by Crippen LogP contribution is 2.30. The Hall–Kier alpha value is -0.570. The highest BCUT2D eigenvalue weighted by atomic mass is 16.2. The van der Waals surface area contributed by atoms with Crippen LogP contribution < -0.4 is 5.73 Å². The number of nitrogens with zero attached hydrogens (tertiary/aromatic N) is 1. The second-order valence-electron chi connectivity index (χ2n) is 5.68. The third kappa shape index (κ3) is 3.44. The molecule has 0 aliphatic heterocycles. The predicted octanol–water partition coefficient (Wildman–Crippen LogP) is 2.40. The Kier molecular flexibility index (Phi) is 5.44. The number of rotatable bonds is 4. The standard InChI is InChI=1S/C14H28N2O/c1-5-7-11(3)16(4)14(17)13-10(2)8-6-9-12(13)15/h10-13H,5-9,15H2,1-4H3. The van der Waals surface area contributed by atoms with E-state index in [1.807, 2.05) is 11.9 Å². The van der Waals surface area contributed by atoms with Crippen molar-refractivity contribution in [3.63, 3.8) is 0 Å². The van der Waals surface area contributed by atoms with Gasteiger partial charge in [-0.2, -0.15) is 0 Å². The lowest BCUT2D eigenvalue weighted by molar-refractivity contribution is -0.139. The van der Waals surface area contributed by atoms with Gasteiger partial charge < -0.3 is 10.6 Å². The minimum atomic E-state index is 0.0352. The Morgan fingerprint density at radius 1 is 1.47 bits per heavy atom. The van der Waals surface area contributed by atoms with Gasteiger partial charge in [-0.15, -0.1) is 0 Å². The summed E-state index contributed by atoms with van der Waals surface area (Å²) in [4.78, 5) is 14.4. The van der Waals surface area contributed by atoms with Crippen molar-refractivity contribution in [1.82, 2.24) is 4.90 Å². The van der Waals surface area contributed by atoms with E-state index in [-0.39, 0.29) is 17.9 Å². The van der Waals surface area contributed by atoms with Crippen molar-refractivity contribution in [1.29, 1.82) is 0 Å². The lowest BCUT2D eigenvalue weighted by atomic mass is 9.76. The zero-order chi connectivity index (χ0) is 13.0. The second-order valence-corrected chi connectivity index (χ2v) is 5.68. The maximum atomic E-state index is 12.5. The van der Waals surface area contributed by atoms with Crippen LogP contribution in [0.15, 0.2) is 0 Å². The summed E-state index contributed by atoms with van der Waals surface area (Å²) in [5.74, 6) is 0.723. The zero-order valence-electron chi connectivity index (χ0n) is 11.8. The van der Waals surface area contributed by atoms with E-state index in [1.54, 1.807) is 0 Å². The van der Waals surface area contributed by atoms with E-state index in [4.69, 9.17) is 5.73 Å². The first kappa shape index (κ1) is 14.5. The summed E-state index contributed by atoms with van der Waals surface area (Å²) in [6, 6.07) is 0.386. The molecular formula is C14H28N2O. The SMILES string of the molecule is CCCC(C)N(C)C(=O)C1C(C)CCCC1N. The van der Waals surface area contributed by atoms with Gasteiger partial charge in [0.1, 0.15) is 0 Å². The average Bonchev–Trinajstić information content (AvgIpc) is 2.27. The summed E-state index contributed by atoms with van der Waals surface area (Å²) in [6.07, 6.45) is 5.49. The lowest BCUT2D eigenvalue weighted by Gasteiger charge is -2.37. The molecule has 1 amide bonds. The van der Waals surface area contributed by atoms with E-state index in [0.29, 0.717) is 12.0 Å². The van der Waals surface area contributed by atoms with Crippen molar-refractivity contribution in [2.75, 3.05) is 7.05 Å². The van der Waals surface area contributed by atoms with Crippen LogP contribution >= 0.6 is 0 Å². The first-order valence-electron chi connectivity index (χ1n) is 7.01. The van der Waals surface area contributed by atoms with Gasteiger partial charge in [0, 0.05) is 19.1 Å². The number of nitrogens with two attached hydrogens (primary N) is 1. The van der Waals surface area contributed by atoms with Crippen molar-refractivity contribution < 1.29 is 4.79 Å². The Morgan fingerprint density at radius 3 is 2.65 bits per heavy atom. The van der Waals surface area contributed by atoms with Gasteiger partial charge in [0.15, 0.2) is 0 Å². The average molecular weight is 240 g/mol. The minimum Gasteiger partial charge on any atom is -0.343 e. The van der Waals surface area contributed by atoms with Gasteiger partial charge in [-0.1, -0.05) is 26.7 Å². The molecule has 2 N–H and O–H groups in total. The molecule has 100 valence electrons. The van der Waals surface area contributed by atoms with E-state index in [9.17, 15) is 4.79 Å². The molecule has 0 aromatic heterocycles. The van der Waals surface area contributed by atoms with Crippen LogP contribution in [-0.2, 0) is 4.79 Å². The molecule has 1 aliphatic carbocycles. The molecule has 0 heterocycles. The molecule has 4 atom stereocenters. The number of hydrogen-bond donors (Lipinski definition) is 1. The maximum Gasteiger partial charge on any atom is 0.227 e. The number of amides is 1. The van der Waals surface area contributed by atoms with Gasteiger partial charge >= 0.3 is 0 Å². The van der Waals surface area contributed by atoms with Crippen LogP contribution in [0.3, 0.4) is 0 Å². The fourth-order valence-electron chi connectivity index (χ4n) is 2.95. The number of carbonyl (C=O) groups excluding carboxylic acids is 1. The first-order valence-corrected chi connectivity index (χ1v) is 7.01.